The Balaban J connectivity index is 1.79. The molecule has 2 heteroatoms. The first kappa shape index (κ1) is 12.9. The first-order valence-electron chi connectivity index (χ1n) is 7.53. The van der Waals surface area contributed by atoms with Gasteiger partial charge in [-0.3, -0.25) is 4.79 Å². The summed E-state index contributed by atoms with van der Waals surface area (Å²) < 4.78 is 0. The number of fused-ring (bicyclic) bond motifs is 1. The van der Waals surface area contributed by atoms with Crippen molar-refractivity contribution in [2.45, 2.75) is 58.0 Å². The Labute approximate surface area is 115 Å². The van der Waals surface area contributed by atoms with Crippen LogP contribution in [0.3, 0.4) is 0 Å². The number of carbonyl (C=O) groups is 1. The quantitative estimate of drug-likeness (QED) is 0.823. The molecule has 1 N–H and O–H groups in total. The van der Waals surface area contributed by atoms with Crippen LogP contribution in [0.4, 0.5) is 0 Å². The van der Waals surface area contributed by atoms with Gasteiger partial charge in [-0.2, -0.15) is 0 Å². The van der Waals surface area contributed by atoms with Crippen LogP contribution >= 0.6 is 0 Å². The summed E-state index contributed by atoms with van der Waals surface area (Å²) in [5.74, 6) is 1.03. The number of Topliss-reactive ketones (excluding diaryl/α,β-unsaturated/α-hetero) is 1. The molecule has 1 saturated heterocycles. The van der Waals surface area contributed by atoms with E-state index in [2.05, 4.69) is 25.2 Å². The molecule has 1 saturated carbocycles. The number of nitrogens with one attached hydrogen (secondary N) is 1. The lowest BCUT2D eigenvalue weighted by Crippen LogP contribution is -2.37. The van der Waals surface area contributed by atoms with Crippen molar-refractivity contribution in [1.29, 1.82) is 0 Å². The van der Waals surface area contributed by atoms with E-state index in [-0.39, 0.29) is 6.04 Å². The SMILES string of the molecule is Cc1cccc(C(=O)C2CC3CCCCC3N2)c1C. The van der Waals surface area contributed by atoms with Crippen LogP contribution in [0, 0.1) is 19.8 Å². The number of hydrogen-bond acceptors (Lipinski definition) is 2. The molecule has 19 heavy (non-hydrogen) atoms. The van der Waals surface area contributed by atoms with Gasteiger partial charge in [0.15, 0.2) is 5.78 Å². The van der Waals surface area contributed by atoms with Gasteiger partial charge >= 0.3 is 0 Å². The molecule has 0 bridgehead atoms. The van der Waals surface area contributed by atoms with Gasteiger partial charge < -0.3 is 5.32 Å². The molecule has 1 aromatic rings. The summed E-state index contributed by atoms with van der Waals surface area (Å²) in [5, 5.41) is 3.59. The highest BCUT2D eigenvalue weighted by molar-refractivity contribution is 6.01. The largest absolute Gasteiger partial charge is 0.304 e. The standard InChI is InChI=1S/C17H23NO/c1-11-6-5-8-14(12(11)2)17(19)16-10-13-7-3-4-9-15(13)18-16/h5-6,8,13,15-16,18H,3-4,7,9-10H2,1-2H3. The minimum absolute atomic E-state index is 0.0496. The Hall–Kier alpha value is -1.15. The van der Waals surface area contributed by atoms with Crippen LogP contribution in [0.25, 0.3) is 0 Å². The van der Waals surface area contributed by atoms with Crippen molar-refractivity contribution in [2.24, 2.45) is 5.92 Å². The van der Waals surface area contributed by atoms with Crippen molar-refractivity contribution < 1.29 is 4.79 Å². The molecule has 1 aliphatic carbocycles. The molecule has 2 fully saturated rings. The van der Waals surface area contributed by atoms with Crippen molar-refractivity contribution in [3.63, 3.8) is 0 Å². The van der Waals surface area contributed by atoms with Gasteiger partial charge in [0.05, 0.1) is 6.04 Å². The van der Waals surface area contributed by atoms with Crippen LogP contribution in [0.15, 0.2) is 18.2 Å². The fourth-order valence-electron chi connectivity index (χ4n) is 3.73. The highest BCUT2D eigenvalue weighted by Crippen LogP contribution is 2.34. The minimum Gasteiger partial charge on any atom is -0.304 e. The van der Waals surface area contributed by atoms with E-state index in [4.69, 9.17) is 0 Å². The van der Waals surface area contributed by atoms with Gasteiger partial charge in [0, 0.05) is 11.6 Å². The highest BCUT2D eigenvalue weighted by atomic mass is 16.1. The Morgan fingerprint density at radius 3 is 2.79 bits per heavy atom. The Kier molecular flexibility index (Phi) is 3.44. The van der Waals surface area contributed by atoms with Gasteiger partial charge in [-0.15, -0.1) is 0 Å². The van der Waals surface area contributed by atoms with Gasteiger partial charge in [-0.1, -0.05) is 31.0 Å². The average molecular weight is 257 g/mol. The van der Waals surface area contributed by atoms with E-state index in [1.807, 2.05) is 12.1 Å². The molecule has 3 unspecified atom stereocenters. The Morgan fingerprint density at radius 1 is 1.21 bits per heavy atom. The van der Waals surface area contributed by atoms with E-state index in [1.165, 1.54) is 31.2 Å². The van der Waals surface area contributed by atoms with Gasteiger partial charge in [0.25, 0.3) is 0 Å². The smallest absolute Gasteiger partial charge is 0.180 e. The fourth-order valence-corrected chi connectivity index (χ4v) is 3.73. The van der Waals surface area contributed by atoms with E-state index in [0.717, 1.165) is 23.5 Å². The van der Waals surface area contributed by atoms with Crippen molar-refractivity contribution in [3.05, 3.63) is 34.9 Å². The molecule has 0 spiro atoms. The summed E-state index contributed by atoms with van der Waals surface area (Å²) >= 11 is 0. The van der Waals surface area contributed by atoms with Crippen LogP contribution in [-0.2, 0) is 0 Å². The molecular formula is C17H23NO. The van der Waals surface area contributed by atoms with E-state index in [0.29, 0.717) is 11.8 Å². The third-order valence-corrected chi connectivity index (χ3v) is 5.05. The van der Waals surface area contributed by atoms with Crippen LogP contribution < -0.4 is 5.32 Å². The molecular weight excluding hydrogens is 234 g/mol. The van der Waals surface area contributed by atoms with Gasteiger partial charge in [-0.05, 0) is 50.2 Å². The number of ketones is 1. The molecule has 1 aliphatic heterocycles. The summed E-state index contributed by atoms with van der Waals surface area (Å²) in [6.07, 6.45) is 6.25. The zero-order valence-electron chi connectivity index (χ0n) is 11.9. The lowest BCUT2D eigenvalue weighted by atomic mass is 9.84. The van der Waals surface area contributed by atoms with Crippen molar-refractivity contribution in [2.75, 3.05) is 0 Å². The summed E-state index contributed by atoms with van der Waals surface area (Å²) in [6, 6.07) is 6.70. The van der Waals surface area contributed by atoms with E-state index >= 15 is 0 Å². The molecule has 3 rings (SSSR count). The Morgan fingerprint density at radius 2 is 2.00 bits per heavy atom. The van der Waals surface area contributed by atoms with Crippen LogP contribution in [-0.4, -0.2) is 17.9 Å². The maximum Gasteiger partial charge on any atom is 0.180 e. The van der Waals surface area contributed by atoms with Crippen molar-refractivity contribution in [3.8, 4) is 0 Å². The summed E-state index contributed by atoms with van der Waals surface area (Å²) in [5.41, 5.74) is 3.27. The Bertz CT molecular complexity index is 480. The lowest BCUT2D eigenvalue weighted by molar-refractivity contribution is 0.0948. The summed E-state index contributed by atoms with van der Waals surface area (Å²) in [4.78, 5) is 12.7. The van der Waals surface area contributed by atoms with Crippen LogP contribution in [0.1, 0.15) is 53.6 Å². The molecule has 102 valence electrons. The van der Waals surface area contributed by atoms with E-state index in [9.17, 15) is 4.79 Å². The average Bonchev–Trinajstić information content (AvgIpc) is 2.85. The molecule has 0 amide bonds. The molecule has 1 aromatic carbocycles. The summed E-state index contributed by atoms with van der Waals surface area (Å²) in [6.45, 7) is 4.14. The third-order valence-electron chi connectivity index (χ3n) is 5.05. The predicted molar refractivity (Wildman–Crippen MR) is 77.5 cm³/mol. The maximum absolute atomic E-state index is 12.7. The zero-order valence-corrected chi connectivity index (χ0v) is 11.9. The van der Waals surface area contributed by atoms with Gasteiger partial charge in [0.1, 0.15) is 0 Å². The topological polar surface area (TPSA) is 29.1 Å². The number of rotatable bonds is 2. The normalized spacial score (nSPS) is 30.1. The second kappa shape index (κ2) is 5.09. The number of carbonyl (C=O) groups excluding carboxylic acids is 1. The first-order valence-corrected chi connectivity index (χ1v) is 7.53. The lowest BCUT2D eigenvalue weighted by Gasteiger charge is -2.24. The minimum atomic E-state index is 0.0496. The van der Waals surface area contributed by atoms with Crippen LogP contribution in [0.2, 0.25) is 0 Å². The van der Waals surface area contributed by atoms with Gasteiger partial charge in [0.2, 0.25) is 0 Å². The molecule has 2 nitrogen and oxygen atoms in total. The van der Waals surface area contributed by atoms with E-state index < -0.39 is 0 Å². The molecule has 1 heterocycles. The molecule has 2 aliphatic rings. The first-order chi connectivity index (χ1) is 9.16. The maximum atomic E-state index is 12.7. The van der Waals surface area contributed by atoms with Crippen molar-refractivity contribution in [1.82, 2.24) is 5.32 Å². The number of aryl methyl sites for hydroxylation is 1. The molecule has 0 radical (unpaired) electrons. The number of hydrogen-bond donors (Lipinski definition) is 1. The summed E-state index contributed by atoms with van der Waals surface area (Å²) in [7, 11) is 0. The fraction of sp³-hybridized carbons (Fsp3) is 0.588. The molecule has 3 atom stereocenters. The predicted octanol–water partition coefficient (Wildman–Crippen LogP) is 3.41. The monoisotopic (exact) mass is 257 g/mol. The van der Waals surface area contributed by atoms with Gasteiger partial charge in [-0.25, -0.2) is 0 Å². The highest BCUT2D eigenvalue weighted by Gasteiger charge is 2.38. The second-order valence-corrected chi connectivity index (χ2v) is 6.22. The van der Waals surface area contributed by atoms with Crippen molar-refractivity contribution >= 4 is 5.78 Å². The second-order valence-electron chi connectivity index (χ2n) is 6.22. The van der Waals surface area contributed by atoms with E-state index in [1.54, 1.807) is 0 Å². The number of benzene rings is 1. The van der Waals surface area contributed by atoms with Crippen LogP contribution in [0.5, 0.6) is 0 Å². The molecule has 0 aromatic heterocycles. The zero-order chi connectivity index (χ0) is 13.4. The third kappa shape index (κ3) is 2.34.